The molecule has 0 aromatic heterocycles. The minimum absolute atomic E-state index is 0. The maximum atomic E-state index is 4.58. The molecule has 26 heavy (non-hydrogen) atoms. The van der Waals surface area contributed by atoms with Gasteiger partial charge in [0.25, 0.3) is 0 Å². The van der Waals surface area contributed by atoms with E-state index in [4.69, 9.17) is 0 Å². The van der Waals surface area contributed by atoms with Crippen molar-refractivity contribution in [2.75, 3.05) is 39.8 Å². The van der Waals surface area contributed by atoms with E-state index in [-0.39, 0.29) is 24.0 Å². The van der Waals surface area contributed by atoms with E-state index in [9.17, 15) is 0 Å². The minimum Gasteiger partial charge on any atom is -0.355 e. The van der Waals surface area contributed by atoms with Gasteiger partial charge in [-0.25, -0.2) is 0 Å². The minimum atomic E-state index is 0. The number of benzene rings is 1. The Morgan fingerprint density at radius 3 is 2.69 bits per heavy atom. The molecule has 0 bridgehead atoms. The molecule has 1 N–H and O–H groups in total. The molecule has 0 amide bonds. The van der Waals surface area contributed by atoms with Crippen LogP contribution in [0.1, 0.15) is 37.7 Å². The van der Waals surface area contributed by atoms with Gasteiger partial charge in [0.1, 0.15) is 0 Å². The number of likely N-dealkylation sites (tertiary alicyclic amines) is 2. The molecule has 3 fully saturated rings. The molecule has 144 valence electrons. The summed E-state index contributed by atoms with van der Waals surface area (Å²) in [5, 5.41) is 3.69. The average molecular weight is 533 g/mol. The van der Waals surface area contributed by atoms with E-state index < -0.39 is 0 Å². The molecule has 1 aliphatic carbocycles. The molecular formula is C20H30BrIN4. The molecule has 1 aromatic carbocycles. The Kier molecular flexibility index (Phi) is 6.88. The van der Waals surface area contributed by atoms with Gasteiger partial charge in [-0.15, -0.1) is 24.0 Å². The molecule has 4 rings (SSSR count). The van der Waals surface area contributed by atoms with Gasteiger partial charge in [-0.1, -0.05) is 28.1 Å². The van der Waals surface area contributed by atoms with Gasteiger partial charge in [0.15, 0.2) is 5.96 Å². The van der Waals surface area contributed by atoms with Crippen LogP contribution in [0.15, 0.2) is 33.7 Å². The van der Waals surface area contributed by atoms with Crippen LogP contribution < -0.4 is 5.32 Å². The molecule has 2 saturated heterocycles. The van der Waals surface area contributed by atoms with Gasteiger partial charge >= 0.3 is 0 Å². The van der Waals surface area contributed by atoms with Crippen LogP contribution in [-0.4, -0.2) is 61.6 Å². The lowest BCUT2D eigenvalue weighted by atomic mass is 9.96. The summed E-state index contributed by atoms with van der Waals surface area (Å²) in [6.07, 6.45) is 6.56. The van der Waals surface area contributed by atoms with Gasteiger partial charge in [0.05, 0.1) is 0 Å². The zero-order valence-electron chi connectivity index (χ0n) is 15.6. The van der Waals surface area contributed by atoms with E-state index in [1.54, 1.807) is 0 Å². The summed E-state index contributed by atoms with van der Waals surface area (Å²) in [4.78, 5) is 9.71. The fraction of sp³-hybridized carbons (Fsp3) is 0.650. The molecule has 1 atom stereocenters. The van der Waals surface area contributed by atoms with Gasteiger partial charge in [-0.2, -0.15) is 0 Å². The Balaban J connectivity index is 0.00000196. The van der Waals surface area contributed by atoms with Crippen LogP contribution in [0, 0.1) is 0 Å². The van der Waals surface area contributed by atoms with Crippen molar-refractivity contribution in [3.8, 4) is 0 Å². The summed E-state index contributed by atoms with van der Waals surface area (Å²) in [6.45, 7) is 5.82. The quantitative estimate of drug-likeness (QED) is 0.363. The van der Waals surface area contributed by atoms with Crippen molar-refractivity contribution in [2.45, 2.75) is 43.6 Å². The largest absolute Gasteiger partial charge is 0.355 e. The first kappa shape index (κ1) is 20.4. The van der Waals surface area contributed by atoms with Crippen molar-refractivity contribution < 1.29 is 0 Å². The SMILES string of the molecule is CN=C(NCC1(c2cccc(Br)c2)CC1)N1CCC(N2CCCC2)C1.I. The zero-order chi connectivity index (χ0) is 17.3. The molecule has 2 heterocycles. The van der Waals surface area contributed by atoms with Crippen molar-refractivity contribution in [3.05, 3.63) is 34.3 Å². The van der Waals surface area contributed by atoms with E-state index >= 15 is 0 Å². The van der Waals surface area contributed by atoms with E-state index in [0.717, 1.165) is 31.6 Å². The Morgan fingerprint density at radius 2 is 2.04 bits per heavy atom. The van der Waals surface area contributed by atoms with Crippen LogP contribution in [0.2, 0.25) is 0 Å². The number of hydrogen-bond acceptors (Lipinski definition) is 2. The second-order valence-corrected chi connectivity index (χ2v) is 8.74. The first-order chi connectivity index (χ1) is 12.2. The number of halogens is 2. The maximum absolute atomic E-state index is 4.58. The van der Waals surface area contributed by atoms with E-state index in [1.807, 2.05) is 7.05 Å². The van der Waals surface area contributed by atoms with E-state index in [0.29, 0.717) is 5.41 Å². The molecule has 6 heteroatoms. The van der Waals surface area contributed by atoms with E-state index in [1.165, 1.54) is 55.2 Å². The fourth-order valence-electron chi connectivity index (χ4n) is 4.46. The van der Waals surface area contributed by atoms with Gasteiger partial charge in [-0.05, 0) is 62.9 Å². The smallest absolute Gasteiger partial charge is 0.193 e. The van der Waals surface area contributed by atoms with Crippen molar-refractivity contribution >= 4 is 45.9 Å². The molecule has 4 nitrogen and oxygen atoms in total. The van der Waals surface area contributed by atoms with Crippen molar-refractivity contribution in [1.82, 2.24) is 15.1 Å². The molecule has 1 saturated carbocycles. The highest BCUT2D eigenvalue weighted by Crippen LogP contribution is 2.48. The summed E-state index contributed by atoms with van der Waals surface area (Å²) in [6, 6.07) is 9.52. The Morgan fingerprint density at radius 1 is 1.27 bits per heavy atom. The predicted molar refractivity (Wildman–Crippen MR) is 123 cm³/mol. The lowest BCUT2D eigenvalue weighted by Crippen LogP contribution is -2.44. The van der Waals surface area contributed by atoms with Crippen LogP contribution in [0.4, 0.5) is 0 Å². The molecular weight excluding hydrogens is 503 g/mol. The topological polar surface area (TPSA) is 30.9 Å². The Bertz CT molecular complexity index is 640. The highest BCUT2D eigenvalue weighted by molar-refractivity contribution is 14.0. The van der Waals surface area contributed by atoms with E-state index in [2.05, 4.69) is 60.3 Å². The number of rotatable bonds is 4. The summed E-state index contributed by atoms with van der Waals surface area (Å²) in [5.74, 6) is 1.09. The van der Waals surface area contributed by atoms with Crippen molar-refractivity contribution in [3.63, 3.8) is 0 Å². The van der Waals surface area contributed by atoms with Crippen LogP contribution in [-0.2, 0) is 5.41 Å². The van der Waals surface area contributed by atoms with Gasteiger partial charge in [0.2, 0.25) is 0 Å². The third-order valence-electron chi connectivity index (χ3n) is 6.21. The lowest BCUT2D eigenvalue weighted by molar-refractivity contribution is 0.249. The number of guanidine groups is 1. The van der Waals surface area contributed by atoms with Crippen molar-refractivity contribution in [1.29, 1.82) is 0 Å². The molecule has 1 unspecified atom stereocenters. The molecule has 0 spiro atoms. The monoisotopic (exact) mass is 532 g/mol. The molecule has 1 aromatic rings. The Hall–Kier alpha value is -0.340. The van der Waals surface area contributed by atoms with Crippen LogP contribution >= 0.6 is 39.9 Å². The average Bonchev–Trinajstić information content (AvgIpc) is 3.02. The first-order valence-electron chi connectivity index (χ1n) is 9.66. The third kappa shape index (κ3) is 4.38. The summed E-state index contributed by atoms with van der Waals surface area (Å²) < 4.78 is 1.17. The highest BCUT2D eigenvalue weighted by Gasteiger charge is 2.44. The Labute approximate surface area is 182 Å². The standard InChI is InChI=1S/C20H29BrN4.HI/c1-22-19(25-12-7-18(14-25)24-10-2-3-11-24)23-15-20(8-9-20)16-5-4-6-17(21)13-16;/h4-6,13,18H,2-3,7-12,14-15H2,1H3,(H,22,23);1H. The highest BCUT2D eigenvalue weighted by atomic mass is 127. The maximum Gasteiger partial charge on any atom is 0.193 e. The lowest BCUT2D eigenvalue weighted by Gasteiger charge is -2.27. The number of aliphatic imine (C=N–C) groups is 1. The van der Waals surface area contributed by atoms with Crippen molar-refractivity contribution in [2.24, 2.45) is 4.99 Å². The number of hydrogen-bond donors (Lipinski definition) is 1. The second-order valence-electron chi connectivity index (χ2n) is 7.82. The van der Waals surface area contributed by atoms with Gasteiger partial charge in [0, 0.05) is 42.6 Å². The molecule has 0 radical (unpaired) electrons. The summed E-state index contributed by atoms with van der Waals surface area (Å²) in [7, 11) is 1.92. The van der Waals surface area contributed by atoms with Gasteiger partial charge < -0.3 is 10.2 Å². The number of nitrogens with one attached hydrogen (secondary N) is 1. The third-order valence-corrected chi connectivity index (χ3v) is 6.70. The number of nitrogens with zero attached hydrogens (tertiary/aromatic N) is 3. The first-order valence-corrected chi connectivity index (χ1v) is 10.5. The second kappa shape index (κ2) is 8.78. The summed E-state index contributed by atoms with van der Waals surface area (Å²) in [5.41, 5.74) is 1.74. The fourth-order valence-corrected chi connectivity index (χ4v) is 4.86. The predicted octanol–water partition coefficient (Wildman–Crippen LogP) is 3.84. The van der Waals surface area contributed by atoms with Gasteiger partial charge in [-0.3, -0.25) is 9.89 Å². The summed E-state index contributed by atoms with van der Waals surface area (Å²) >= 11 is 3.61. The molecule has 3 aliphatic rings. The van der Waals surface area contributed by atoms with Crippen LogP contribution in [0.5, 0.6) is 0 Å². The van der Waals surface area contributed by atoms with Crippen LogP contribution in [0.25, 0.3) is 0 Å². The van der Waals surface area contributed by atoms with Crippen LogP contribution in [0.3, 0.4) is 0 Å². The molecule has 2 aliphatic heterocycles. The normalized spacial score (nSPS) is 25.2. The zero-order valence-corrected chi connectivity index (χ0v) is 19.5.